The monoisotopic (exact) mass is 625 g/mol. The normalized spacial score (nSPS) is 22.8. The average Bonchev–Trinajstić information content (AvgIpc) is 3.53. The molecule has 4 nitrogen and oxygen atoms in total. The molecule has 0 aliphatic heterocycles. The summed E-state index contributed by atoms with van der Waals surface area (Å²) in [5.74, 6) is 2.62. The van der Waals surface area contributed by atoms with Crippen molar-refractivity contribution in [1.82, 2.24) is 5.32 Å². The highest BCUT2D eigenvalue weighted by molar-refractivity contribution is 5.90. The third kappa shape index (κ3) is 9.09. The third-order valence-electron chi connectivity index (χ3n) is 10.5. The number of benzene rings is 2. The summed E-state index contributed by atoms with van der Waals surface area (Å²) >= 11 is 0. The summed E-state index contributed by atoms with van der Waals surface area (Å²) in [4.78, 5) is 0. The molecule has 250 valence electrons. The first-order valence-electron chi connectivity index (χ1n) is 18.5. The molecule has 1 N–H and O–H groups in total. The zero-order valence-corrected chi connectivity index (χ0v) is 29.2. The van der Waals surface area contributed by atoms with Crippen LogP contribution in [0.25, 0.3) is 22.1 Å². The predicted octanol–water partition coefficient (Wildman–Crippen LogP) is 11.9. The molecule has 0 radical (unpaired) electrons. The number of nitrogens with one attached hydrogen (secondary N) is 1. The van der Waals surface area contributed by atoms with Crippen LogP contribution in [-0.4, -0.2) is 26.8 Å². The van der Waals surface area contributed by atoms with Gasteiger partial charge in [0.15, 0.2) is 11.5 Å². The summed E-state index contributed by atoms with van der Waals surface area (Å²) in [5.41, 5.74) is 7.71. The Labute approximate surface area is 279 Å². The summed E-state index contributed by atoms with van der Waals surface area (Å²) in [7, 11) is 3.92. The Kier molecular flexibility index (Phi) is 13.3. The van der Waals surface area contributed by atoms with Crippen LogP contribution in [0.5, 0.6) is 11.5 Å². The van der Waals surface area contributed by atoms with Crippen molar-refractivity contribution in [3.63, 3.8) is 0 Å². The van der Waals surface area contributed by atoms with Crippen molar-refractivity contribution in [2.75, 3.05) is 20.8 Å². The Hall–Kier alpha value is -2.98. The minimum absolute atomic E-state index is 0.367. The molecule has 4 heteroatoms. The second-order valence-corrected chi connectivity index (χ2v) is 13.9. The smallest absolute Gasteiger partial charge is 0.161 e. The van der Waals surface area contributed by atoms with Crippen molar-refractivity contribution in [2.45, 2.75) is 129 Å². The first kappa shape index (κ1) is 34.4. The molecule has 1 saturated carbocycles. The fraction of sp³-hybridized carbons (Fsp3) is 0.571. The second kappa shape index (κ2) is 17.8. The topological polar surface area (TPSA) is 43.6 Å². The maximum Gasteiger partial charge on any atom is 0.161 e. The van der Waals surface area contributed by atoms with E-state index in [1.165, 1.54) is 118 Å². The maximum absolute atomic E-state index is 6.47. The predicted molar refractivity (Wildman–Crippen MR) is 195 cm³/mol. The second-order valence-electron chi connectivity index (χ2n) is 13.9. The summed E-state index contributed by atoms with van der Waals surface area (Å²) in [6, 6.07) is 13.9. The zero-order chi connectivity index (χ0) is 32.1. The van der Waals surface area contributed by atoms with Crippen molar-refractivity contribution < 1.29 is 13.9 Å². The largest absolute Gasteiger partial charge is 0.493 e. The number of furan rings is 1. The third-order valence-corrected chi connectivity index (χ3v) is 10.5. The number of hydrogen-bond acceptors (Lipinski definition) is 4. The van der Waals surface area contributed by atoms with Gasteiger partial charge in [0.05, 0.1) is 20.0 Å². The van der Waals surface area contributed by atoms with E-state index >= 15 is 0 Å². The number of unbranched alkanes of at least 4 members (excludes halogenated alkanes) is 8. The van der Waals surface area contributed by atoms with E-state index < -0.39 is 0 Å². The van der Waals surface area contributed by atoms with Crippen molar-refractivity contribution in [1.29, 1.82) is 0 Å². The van der Waals surface area contributed by atoms with Crippen LogP contribution in [0.1, 0.15) is 139 Å². The van der Waals surface area contributed by atoms with Gasteiger partial charge in [0.1, 0.15) is 5.58 Å². The number of rotatable bonds is 15. The van der Waals surface area contributed by atoms with Crippen molar-refractivity contribution in [3.8, 4) is 11.5 Å². The van der Waals surface area contributed by atoms with Gasteiger partial charge in [-0.2, -0.15) is 0 Å². The molecule has 5 rings (SSSR count). The Balaban J connectivity index is 1.40. The van der Waals surface area contributed by atoms with Crippen molar-refractivity contribution in [3.05, 3.63) is 71.5 Å². The Morgan fingerprint density at radius 3 is 2.41 bits per heavy atom. The summed E-state index contributed by atoms with van der Waals surface area (Å²) in [6.45, 7) is 5.41. The Bertz CT molecular complexity index is 1430. The van der Waals surface area contributed by atoms with Gasteiger partial charge < -0.3 is 19.2 Å². The molecule has 3 aromatic rings. The highest BCUT2D eigenvalue weighted by Crippen LogP contribution is 2.45. The number of ether oxygens (including phenoxy) is 2. The zero-order valence-electron chi connectivity index (χ0n) is 29.2. The van der Waals surface area contributed by atoms with Gasteiger partial charge in [-0.05, 0) is 116 Å². The number of fused-ring (bicyclic) bond motifs is 2. The molecule has 1 aromatic heterocycles. The van der Waals surface area contributed by atoms with E-state index in [-0.39, 0.29) is 0 Å². The van der Waals surface area contributed by atoms with Gasteiger partial charge in [-0.1, -0.05) is 96.3 Å². The van der Waals surface area contributed by atoms with Crippen LogP contribution < -0.4 is 14.8 Å². The van der Waals surface area contributed by atoms with Crippen molar-refractivity contribution in [2.24, 2.45) is 5.92 Å². The fourth-order valence-electron chi connectivity index (χ4n) is 7.59. The lowest BCUT2D eigenvalue weighted by molar-refractivity contribution is 0.284. The van der Waals surface area contributed by atoms with Crippen LogP contribution in [0.15, 0.2) is 59.2 Å². The number of hydrogen-bond donors (Lipinski definition) is 1. The van der Waals surface area contributed by atoms with Gasteiger partial charge in [0.25, 0.3) is 0 Å². The molecule has 3 unspecified atom stereocenters. The molecule has 0 amide bonds. The van der Waals surface area contributed by atoms with E-state index in [2.05, 4.69) is 74.8 Å². The SMILES string of the molecule is CCCCCCCCCCCOc1cc2c(cc1OC)/C(C1CCCCC(NC)CC1)=C\C(c1ccc3occc3c1)=C\CC2C. The summed E-state index contributed by atoms with van der Waals surface area (Å²) in [6.07, 6.45) is 27.0. The van der Waals surface area contributed by atoms with Crippen LogP contribution in [-0.2, 0) is 0 Å². The molecular weight excluding hydrogens is 566 g/mol. The molecule has 0 saturated heterocycles. The van der Waals surface area contributed by atoms with Crippen molar-refractivity contribution >= 4 is 22.1 Å². The molecule has 1 fully saturated rings. The fourth-order valence-corrected chi connectivity index (χ4v) is 7.59. The highest BCUT2D eigenvalue weighted by Gasteiger charge is 2.27. The Morgan fingerprint density at radius 2 is 1.63 bits per heavy atom. The summed E-state index contributed by atoms with van der Waals surface area (Å²) in [5, 5.41) is 4.74. The van der Waals surface area contributed by atoms with Crippen LogP contribution in [0.2, 0.25) is 0 Å². The molecule has 1 heterocycles. The van der Waals surface area contributed by atoms with Gasteiger partial charge in [-0.3, -0.25) is 0 Å². The lowest BCUT2D eigenvalue weighted by Gasteiger charge is -2.30. The average molecular weight is 626 g/mol. The van der Waals surface area contributed by atoms with Crippen LogP contribution in [0.4, 0.5) is 0 Å². The highest BCUT2D eigenvalue weighted by atomic mass is 16.5. The van der Waals surface area contributed by atoms with Crippen LogP contribution in [0, 0.1) is 5.92 Å². The van der Waals surface area contributed by atoms with E-state index in [0.717, 1.165) is 41.9 Å². The maximum atomic E-state index is 6.47. The van der Waals surface area contributed by atoms with Crippen LogP contribution >= 0.6 is 0 Å². The quantitative estimate of drug-likeness (QED) is 0.171. The molecule has 3 atom stereocenters. The molecular formula is C42H59NO3. The van der Waals surface area contributed by atoms with E-state index in [4.69, 9.17) is 13.9 Å². The minimum Gasteiger partial charge on any atom is -0.493 e. The van der Waals surface area contributed by atoms with E-state index in [0.29, 0.717) is 17.9 Å². The number of allylic oxidation sites excluding steroid dienone is 4. The number of methoxy groups -OCH3 is 1. The van der Waals surface area contributed by atoms with Crippen LogP contribution in [0.3, 0.4) is 0 Å². The molecule has 2 aliphatic rings. The standard InChI is InChI=1S/C42H59NO3/c1-5-6-7-8-9-10-11-12-15-25-45-42-29-37-31(2)18-19-34(33-21-23-40-35(27-33)24-26-46-40)28-38(39(37)30-41(42)44-4)32-16-13-14-17-36(43-3)22-20-32/h19,21,23-24,26-32,36,43H,5-18,20,22,25H2,1-4H3/b34-19-,38-28-. The first-order valence-corrected chi connectivity index (χ1v) is 18.5. The summed E-state index contributed by atoms with van der Waals surface area (Å²) < 4.78 is 18.2. The minimum atomic E-state index is 0.367. The molecule has 2 aromatic carbocycles. The van der Waals surface area contributed by atoms with Gasteiger partial charge in [0, 0.05) is 11.4 Å². The molecule has 46 heavy (non-hydrogen) atoms. The lowest BCUT2D eigenvalue weighted by Crippen LogP contribution is -2.27. The molecule has 2 aliphatic carbocycles. The Morgan fingerprint density at radius 1 is 0.848 bits per heavy atom. The van der Waals surface area contributed by atoms with Gasteiger partial charge in [0.2, 0.25) is 0 Å². The van der Waals surface area contributed by atoms with Gasteiger partial charge in [-0.15, -0.1) is 0 Å². The first-order chi connectivity index (χ1) is 22.6. The van der Waals surface area contributed by atoms with E-state index in [1.807, 2.05) is 0 Å². The molecule has 0 bridgehead atoms. The lowest BCUT2D eigenvalue weighted by atomic mass is 9.76. The van der Waals surface area contributed by atoms with Gasteiger partial charge in [-0.25, -0.2) is 0 Å². The van der Waals surface area contributed by atoms with Gasteiger partial charge >= 0.3 is 0 Å². The van der Waals surface area contributed by atoms with E-state index in [9.17, 15) is 0 Å². The van der Waals surface area contributed by atoms with E-state index in [1.54, 1.807) is 13.4 Å². The molecule has 0 spiro atoms.